The highest BCUT2D eigenvalue weighted by atomic mass is 16.5. The van der Waals surface area contributed by atoms with Crippen molar-refractivity contribution in [2.45, 2.75) is 51.0 Å². The van der Waals surface area contributed by atoms with Crippen molar-refractivity contribution in [2.24, 2.45) is 5.92 Å². The number of ether oxygens (including phenoxy) is 1. The smallest absolute Gasteiger partial charge is 0.237 e. The zero-order valence-corrected chi connectivity index (χ0v) is 17.5. The highest BCUT2D eigenvalue weighted by Crippen LogP contribution is 2.29. The summed E-state index contributed by atoms with van der Waals surface area (Å²) >= 11 is 0. The Morgan fingerprint density at radius 2 is 1.80 bits per heavy atom. The molecule has 3 aliphatic rings. The maximum Gasteiger partial charge on any atom is 0.237 e. The van der Waals surface area contributed by atoms with Gasteiger partial charge in [0.2, 0.25) is 5.88 Å². The van der Waals surface area contributed by atoms with Gasteiger partial charge in [-0.1, -0.05) is 12.5 Å². The van der Waals surface area contributed by atoms with Gasteiger partial charge >= 0.3 is 0 Å². The topological polar surface area (TPSA) is 67.3 Å². The molecule has 1 saturated carbocycles. The first-order chi connectivity index (χ1) is 14.8. The number of carbonyl (C=O) groups excluding carboxylic acids is 1. The Labute approximate surface area is 178 Å². The van der Waals surface area contributed by atoms with Crippen LogP contribution in [0.3, 0.4) is 0 Å². The van der Waals surface area contributed by atoms with Gasteiger partial charge in [-0.05, 0) is 74.9 Å². The average molecular weight is 407 g/mol. The van der Waals surface area contributed by atoms with Gasteiger partial charge in [-0.3, -0.25) is 9.69 Å². The first-order valence-corrected chi connectivity index (χ1v) is 11.4. The maximum atomic E-state index is 12.6. The number of hydrogen-bond acceptors (Lipinski definition) is 6. The van der Waals surface area contributed by atoms with E-state index < -0.39 is 0 Å². The Balaban J connectivity index is 1.23. The summed E-state index contributed by atoms with van der Waals surface area (Å²) in [5.41, 5.74) is 3.24. The second kappa shape index (κ2) is 8.82. The molecule has 6 nitrogen and oxygen atoms in total. The molecule has 6 heteroatoms. The molecule has 2 aromatic rings. The zero-order chi connectivity index (χ0) is 20.3. The van der Waals surface area contributed by atoms with Gasteiger partial charge in [-0.15, -0.1) is 0 Å². The van der Waals surface area contributed by atoms with Gasteiger partial charge in [-0.2, -0.15) is 0 Å². The molecule has 0 amide bonds. The number of ketones is 1. The van der Waals surface area contributed by atoms with Crippen molar-refractivity contribution >= 4 is 5.78 Å². The van der Waals surface area contributed by atoms with Crippen molar-refractivity contribution < 1.29 is 9.53 Å². The molecule has 0 atom stereocenters. The lowest BCUT2D eigenvalue weighted by Gasteiger charge is -2.36. The van der Waals surface area contributed by atoms with E-state index in [0.29, 0.717) is 11.6 Å². The number of fused-ring (bicyclic) bond motifs is 1. The van der Waals surface area contributed by atoms with Gasteiger partial charge < -0.3 is 10.1 Å². The Bertz CT molecular complexity index is 889. The van der Waals surface area contributed by atoms with E-state index in [4.69, 9.17) is 4.74 Å². The van der Waals surface area contributed by atoms with Gasteiger partial charge in [0.25, 0.3) is 0 Å². The number of nitrogens with zero attached hydrogens (tertiary/aromatic N) is 3. The fourth-order valence-corrected chi connectivity index (χ4v) is 4.81. The van der Waals surface area contributed by atoms with Crippen LogP contribution in [0, 0.1) is 5.92 Å². The van der Waals surface area contributed by atoms with Crippen molar-refractivity contribution in [2.75, 3.05) is 26.2 Å². The van der Waals surface area contributed by atoms with E-state index >= 15 is 0 Å². The van der Waals surface area contributed by atoms with Crippen LogP contribution in [0.15, 0.2) is 30.6 Å². The molecule has 0 spiro atoms. The van der Waals surface area contributed by atoms with Gasteiger partial charge in [0.05, 0.1) is 12.4 Å². The molecule has 0 bridgehead atoms. The Hall–Kier alpha value is -2.31. The summed E-state index contributed by atoms with van der Waals surface area (Å²) < 4.78 is 5.96. The number of piperidine rings is 1. The van der Waals surface area contributed by atoms with Crippen molar-refractivity contribution in [1.82, 2.24) is 20.2 Å². The van der Waals surface area contributed by atoms with E-state index in [1.165, 1.54) is 30.4 Å². The van der Waals surface area contributed by atoms with Gasteiger partial charge in [0, 0.05) is 25.0 Å². The van der Waals surface area contributed by atoms with E-state index in [0.717, 1.165) is 63.7 Å². The zero-order valence-electron chi connectivity index (χ0n) is 17.5. The molecule has 1 aliphatic carbocycles. The lowest BCUT2D eigenvalue weighted by atomic mass is 9.91. The Morgan fingerprint density at radius 3 is 2.50 bits per heavy atom. The van der Waals surface area contributed by atoms with Crippen molar-refractivity contribution in [3.63, 3.8) is 0 Å². The molecule has 3 heterocycles. The van der Waals surface area contributed by atoms with E-state index in [1.54, 1.807) is 12.4 Å². The molecule has 1 aromatic carbocycles. The quantitative estimate of drug-likeness (QED) is 0.768. The van der Waals surface area contributed by atoms with Gasteiger partial charge in [-0.25, -0.2) is 9.97 Å². The number of rotatable bonds is 5. The molecule has 2 aliphatic heterocycles. The van der Waals surface area contributed by atoms with E-state index in [1.807, 2.05) is 6.07 Å². The van der Waals surface area contributed by atoms with Crippen LogP contribution in [0.25, 0.3) is 0 Å². The number of benzene rings is 1. The van der Waals surface area contributed by atoms with Crippen LogP contribution in [0.4, 0.5) is 0 Å². The summed E-state index contributed by atoms with van der Waals surface area (Å²) in [7, 11) is 0. The van der Waals surface area contributed by atoms with Crippen LogP contribution in [0.1, 0.15) is 53.7 Å². The standard InChI is InChI=1S/C24H30N4O2/c29-24(18-6-10-25-11-7-18)22-15-27-23(16-26-22)30-21-5-4-17-8-12-28(20-2-1-3-20)13-9-19(17)14-21/h4-5,14-16,18,20,25H,1-3,6-13H2. The Kier molecular flexibility index (Phi) is 5.77. The van der Waals surface area contributed by atoms with E-state index in [-0.39, 0.29) is 11.7 Å². The molecule has 1 aromatic heterocycles. The lowest BCUT2D eigenvalue weighted by Crippen LogP contribution is -2.41. The molecule has 158 valence electrons. The summed E-state index contributed by atoms with van der Waals surface area (Å²) in [6.07, 6.45) is 11.1. The SMILES string of the molecule is O=C(c1cnc(Oc2ccc3c(c2)CCN(C2CCC2)CC3)cn1)C1CCNCC1. The normalized spacial score (nSPS) is 20.8. The second-order valence-corrected chi connectivity index (χ2v) is 8.78. The predicted molar refractivity (Wildman–Crippen MR) is 115 cm³/mol. The molecule has 30 heavy (non-hydrogen) atoms. The third-order valence-corrected chi connectivity index (χ3v) is 6.92. The number of Topliss-reactive ketones (excluding diaryl/α,β-unsaturated/α-hetero) is 1. The van der Waals surface area contributed by atoms with E-state index in [2.05, 4.69) is 32.3 Å². The molecule has 1 saturated heterocycles. The number of carbonyl (C=O) groups is 1. The summed E-state index contributed by atoms with van der Waals surface area (Å²) in [5, 5.41) is 3.29. The number of nitrogens with one attached hydrogen (secondary N) is 1. The molecule has 0 unspecified atom stereocenters. The predicted octanol–water partition coefficient (Wildman–Crippen LogP) is 3.40. The largest absolute Gasteiger partial charge is 0.437 e. The van der Waals surface area contributed by atoms with Crippen LogP contribution in [0.5, 0.6) is 11.6 Å². The highest BCUT2D eigenvalue weighted by Gasteiger charge is 2.26. The Morgan fingerprint density at radius 1 is 1.00 bits per heavy atom. The van der Waals surface area contributed by atoms with Crippen molar-refractivity contribution in [1.29, 1.82) is 0 Å². The minimum absolute atomic E-state index is 0.0522. The lowest BCUT2D eigenvalue weighted by molar-refractivity contribution is 0.0889. The molecule has 1 N–H and O–H groups in total. The fraction of sp³-hybridized carbons (Fsp3) is 0.542. The summed E-state index contributed by atoms with van der Waals surface area (Å²) in [6.45, 7) is 4.08. The monoisotopic (exact) mass is 406 g/mol. The molecule has 0 radical (unpaired) electrons. The second-order valence-electron chi connectivity index (χ2n) is 8.78. The van der Waals surface area contributed by atoms with Gasteiger partial charge in [0.15, 0.2) is 5.78 Å². The molecule has 2 fully saturated rings. The third-order valence-electron chi connectivity index (χ3n) is 6.92. The number of aromatic nitrogens is 2. The molecule has 5 rings (SSSR count). The summed E-state index contributed by atoms with van der Waals surface area (Å²) in [5.74, 6) is 1.37. The summed E-state index contributed by atoms with van der Waals surface area (Å²) in [4.78, 5) is 23.9. The van der Waals surface area contributed by atoms with Gasteiger partial charge in [0.1, 0.15) is 11.4 Å². The third kappa shape index (κ3) is 4.25. The molecular weight excluding hydrogens is 376 g/mol. The fourth-order valence-electron chi connectivity index (χ4n) is 4.81. The average Bonchev–Trinajstić information content (AvgIpc) is 2.96. The van der Waals surface area contributed by atoms with Crippen LogP contribution in [-0.4, -0.2) is 52.9 Å². The minimum Gasteiger partial charge on any atom is -0.437 e. The van der Waals surface area contributed by atoms with E-state index in [9.17, 15) is 4.79 Å². The van der Waals surface area contributed by atoms with Crippen molar-refractivity contribution in [3.05, 3.63) is 47.4 Å². The summed E-state index contributed by atoms with van der Waals surface area (Å²) in [6, 6.07) is 7.16. The first kappa shape index (κ1) is 19.6. The van der Waals surface area contributed by atoms with Crippen molar-refractivity contribution in [3.8, 4) is 11.6 Å². The minimum atomic E-state index is 0.0522. The highest BCUT2D eigenvalue weighted by molar-refractivity contribution is 5.95. The number of hydrogen-bond donors (Lipinski definition) is 1. The van der Waals surface area contributed by atoms with Crippen LogP contribution in [0.2, 0.25) is 0 Å². The first-order valence-electron chi connectivity index (χ1n) is 11.4. The van der Waals surface area contributed by atoms with Crippen LogP contribution >= 0.6 is 0 Å². The maximum absolute atomic E-state index is 12.6. The van der Waals surface area contributed by atoms with Crippen LogP contribution < -0.4 is 10.1 Å². The van der Waals surface area contributed by atoms with Crippen LogP contribution in [-0.2, 0) is 12.8 Å². The molecular formula is C24H30N4O2.